The molecule has 0 aromatic heterocycles. The molecule has 0 spiro atoms. The van der Waals surface area contributed by atoms with Crippen molar-refractivity contribution in [2.24, 2.45) is 5.92 Å². The minimum absolute atomic E-state index is 0.351. The van der Waals surface area contributed by atoms with Crippen molar-refractivity contribution in [2.75, 3.05) is 26.2 Å². The van der Waals surface area contributed by atoms with Crippen LogP contribution in [0.2, 0.25) is 0 Å². The van der Waals surface area contributed by atoms with Crippen LogP contribution >= 0.6 is 0 Å². The highest BCUT2D eigenvalue weighted by Gasteiger charge is 2.35. The van der Waals surface area contributed by atoms with E-state index in [0.717, 1.165) is 6.54 Å². The van der Waals surface area contributed by atoms with Gasteiger partial charge in [-0.2, -0.15) is 0 Å². The Kier molecular flexibility index (Phi) is 3.14. The number of piperazine rings is 1. The molecule has 1 aliphatic heterocycles. The Morgan fingerprint density at radius 3 is 2.44 bits per heavy atom. The second-order valence-electron chi connectivity index (χ2n) is 4.35. The first kappa shape index (κ1) is 11.0. The van der Waals surface area contributed by atoms with Gasteiger partial charge >= 0.3 is 11.8 Å². The molecule has 4 heteroatoms. The Balaban J connectivity index is 1.92. The molecule has 0 aromatic rings. The number of hydrogen-bond acceptors (Lipinski definition) is 2. The molecule has 2 amide bonds. The van der Waals surface area contributed by atoms with E-state index in [1.165, 1.54) is 17.7 Å². The Labute approximate surface area is 95.6 Å². The third-order valence-electron chi connectivity index (χ3n) is 3.02. The van der Waals surface area contributed by atoms with Crippen LogP contribution in [-0.4, -0.2) is 47.8 Å². The Morgan fingerprint density at radius 1 is 1.19 bits per heavy atom. The minimum atomic E-state index is -0.394. The highest BCUT2D eigenvalue weighted by molar-refractivity contribution is 6.35. The van der Waals surface area contributed by atoms with Gasteiger partial charge in [-0.05, 0) is 25.7 Å². The van der Waals surface area contributed by atoms with Gasteiger partial charge < -0.3 is 9.80 Å². The lowest BCUT2D eigenvalue weighted by molar-refractivity contribution is -0.155. The average molecular weight is 220 g/mol. The summed E-state index contributed by atoms with van der Waals surface area (Å²) in [5.74, 6) is 5.45. The first-order chi connectivity index (χ1) is 7.72. The normalized spacial score (nSPS) is 20.8. The summed E-state index contributed by atoms with van der Waals surface area (Å²) < 4.78 is 0. The molecule has 2 aliphatic rings. The van der Waals surface area contributed by atoms with E-state index < -0.39 is 5.91 Å². The first-order valence-electron chi connectivity index (χ1n) is 5.70. The predicted octanol–water partition coefficient (Wildman–Crippen LogP) is 0.0905. The van der Waals surface area contributed by atoms with Crippen molar-refractivity contribution in [1.82, 2.24) is 9.80 Å². The molecule has 0 bridgehead atoms. The largest absolute Gasteiger partial charge is 0.332 e. The Hall–Kier alpha value is -1.50. The molecule has 0 aromatic carbocycles. The molecular formula is C12H16N2O2. The lowest BCUT2D eigenvalue weighted by Gasteiger charge is -2.32. The fraction of sp³-hybridized carbons (Fsp3) is 0.667. The van der Waals surface area contributed by atoms with Crippen molar-refractivity contribution in [3.8, 4) is 11.8 Å². The van der Waals surface area contributed by atoms with E-state index in [1.54, 1.807) is 11.8 Å². The van der Waals surface area contributed by atoms with Crippen LogP contribution in [0, 0.1) is 17.8 Å². The molecule has 2 fully saturated rings. The predicted molar refractivity (Wildman–Crippen MR) is 59.3 cm³/mol. The SMILES string of the molecule is CC#CCN1CCN(CC2CC2)C(=O)C1=O. The Morgan fingerprint density at radius 2 is 1.81 bits per heavy atom. The van der Waals surface area contributed by atoms with Gasteiger partial charge in [-0.3, -0.25) is 9.59 Å². The maximum Gasteiger partial charge on any atom is 0.312 e. The molecular weight excluding hydrogens is 204 g/mol. The zero-order valence-corrected chi connectivity index (χ0v) is 9.53. The zero-order valence-electron chi connectivity index (χ0n) is 9.53. The van der Waals surface area contributed by atoms with Crippen LogP contribution in [0.3, 0.4) is 0 Å². The summed E-state index contributed by atoms with van der Waals surface area (Å²) in [6.45, 7) is 4.14. The number of carbonyl (C=O) groups is 2. The minimum Gasteiger partial charge on any atom is -0.332 e. The van der Waals surface area contributed by atoms with Crippen LogP contribution in [0.1, 0.15) is 19.8 Å². The van der Waals surface area contributed by atoms with Gasteiger partial charge in [0.2, 0.25) is 0 Å². The Bertz CT molecular complexity index is 363. The molecule has 2 rings (SSSR count). The molecule has 16 heavy (non-hydrogen) atoms. The van der Waals surface area contributed by atoms with Gasteiger partial charge in [0, 0.05) is 19.6 Å². The standard InChI is InChI=1S/C12H16N2O2/c1-2-3-6-13-7-8-14(9-10-4-5-10)12(16)11(13)15/h10H,4-9H2,1H3. The van der Waals surface area contributed by atoms with Crippen molar-refractivity contribution in [3.63, 3.8) is 0 Å². The summed E-state index contributed by atoms with van der Waals surface area (Å²) in [7, 11) is 0. The van der Waals surface area contributed by atoms with Crippen molar-refractivity contribution in [2.45, 2.75) is 19.8 Å². The number of amides is 2. The second kappa shape index (κ2) is 4.56. The fourth-order valence-corrected chi connectivity index (χ4v) is 1.83. The molecule has 1 heterocycles. The summed E-state index contributed by atoms with van der Waals surface area (Å²) >= 11 is 0. The molecule has 0 radical (unpaired) electrons. The zero-order chi connectivity index (χ0) is 11.5. The topological polar surface area (TPSA) is 40.6 Å². The average Bonchev–Trinajstić information content (AvgIpc) is 3.08. The van der Waals surface area contributed by atoms with Crippen molar-refractivity contribution in [1.29, 1.82) is 0 Å². The smallest absolute Gasteiger partial charge is 0.312 e. The molecule has 1 aliphatic carbocycles. The molecule has 86 valence electrons. The lowest BCUT2D eigenvalue weighted by atomic mass is 10.2. The maximum atomic E-state index is 11.7. The summed E-state index contributed by atoms with van der Waals surface area (Å²) in [5, 5.41) is 0. The summed E-state index contributed by atoms with van der Waals surface area (Å²) in [5.41, 5.74) is 0. The first-order valence-corrected chi connectivity index (χ1v) is 5.70. The summed E-state index contributed by atoms with van der Waals surface area (Å²) in [4.78, 5) is 26.7. The molecule has 1 saturated carbocycles. The quantitative estimate of drug-likeness (QED) is 0.499. The van der Waals surface area contributed by atoms with Crippen LogP contribution in [-0.2, 0) is 9.59 Å². The highest BCUT2D eigenvalue weighted by atomic mass is 16.2. The van der Waals surface area contributed by atoms with Crippen molar-refractivity contribution < 1.29 is 9.59 Å². The number of carbonyl (C=O) groups excluding carboxylic acids is 2. The highest BCUT2D eigenvalue weighted by Crippen LogP contribution is 2.30. The van der Waals surface area contributed by atoms with Crippen LogP contribution < -0.4 is 0 Å². The van der Waals surface area contributed by atoms with Gasteiger partial charge in [0.25, 0.3) is 0 Å². The third-order valence-corrected chi connectivity index (χ3v) is 3.02. The summed E-state index contributed by atoms with van der Waals surface area (Å²) in [6.07, 6.45) is 2.39. The van der Waals surface area contributed by atoms with E-state index >= 15 is 0 Å². The monoisotopic (exact) mass is 220 g/mol. The maximum absolute atomic E-state index is 11.7. The number of nitrogens with zero attached hydrogens (tertiary/aromatic N) is 2. The molecule has 1 saturated heterocycles. The van der Waals surface area contributed by atoms with E-state index in [-0.39, 0.29) is 5.91 Å². The molecule has 0 N–H and O–H groups in total. The second-order valence-corrected chi connectivity index (χ2v) is 4.35. The van der Waals surface area contributed by atoms with Gasteiger partial charge in [-0.1, -0.05) is 5.92 Å². The lowest BCUT2D eigenvalue weighted by Crippen LogP contribution is -2.54. The van der Waals surface area contributed by atoms with E-state index in [4.69, 9.17) is 0 Å². The van der Waals surface area contributed by atoms with Crippen molar-refractivity contribution in [3.05, 3.63) is 0 Å². The third kappa shape index (κ3) is 2.35. The van der Waals surface area contributed by atoms with Gasteiger partial charge in [0.15, 0.2) is 0 Å². The fourth-order valence-electron chi connectivity index (χ4n) is 1.83. The summed E-state index contributed by atoms with van der Waals surface area (Å²) in [6, 6.07) is 0. The van der Waals surface area contributed by atoms with Gasteiger partial charge in [-0.15, -0.1) is 5.92 Å². The van der Waals surface area contributed by atoms with Gasteiger partial charge in [-0.25, -0.2) is 0 Å². The van der Waals surface area contributed by atoms with Gasteiger partial charge in [0.1, 0.15) is 0 Å². The van der Waals surface area contributed by atoms with Crippen LogP contribution in [0.5, 0.6) is 0 Å². The van der Waals surface area contributed by atoms with E-state index in [1.807, 2.05) is 0 Å². The van der Waals surface area contributed by atoms with Gasteiger partial charge in [0.05, 0.1) is 6.54 Å². The number of hydrogen-bond donors (Lipinski definition) is 0. The molecule has 4 nitrogen and oxygen atoms in total. The van der Waals surface area contributed by atoms with E-state index in [0.29, 0.717) is 25.6 Å². The van der Waals surface area contributed by atoms with E-state index in [2.05, 4.69) is 11.8 Å². The van der Waals surface area contributed by atoms with Crippen LogP contribution in [0.15, 0.2) is 0 Å². The van der Waals surface area contributed by atoms with E-state index in [9.17, 15) is 9.59 Å². The van der Waals surface area contributed by atoms with Crippen LogP contribution in [0.4, 0.5) is 0 Å². The number of rotatable bonds is 3. The molecule has 0 atom stereocenters. The van der Waals surface area contributed by atoms with Crippen LogP contribution in [0.25, 0.3) is 0 Å². The molecule has 0 unspecified atom stereocenters. The van der Waals surface area contributed by atoms with Crippen molar-refractivity contribution >= 4 is 11.8 Å².